The van der Waals surface area contributed by atoms with Crippen LogP contribution >= 0.6 is 0 Å². The first kappa shape index (κ1) is 20.8. The second kappa shape index (κ2) is 9.53. The molecule has 1 aromatic carbocycles. The maximum atomic E-state index is 12.8. The van der Waals surface area contributed by atoms with Crippen molar-refractivity contribution in [3.8, 4) is 6.07 Å². The predicted octanol–water partition coefficient (Wildman–Crippen LogP) is 4.29. The summed E-state index contributed by atoms with van der Waals surface area (Å²) in [5, 5.41) is 15.7. The number of aromatic nitrogens is 1. The van der Waals surface area contributed by atoms with Gasteiger partial charge in [0.15, 0.2) is 0 Å². The molecule has 0 saturated carbocycles. The number of amides is 1. The summed E-state index contributed by atoms with van der Waals surface area (Å²) < 4.78 is 5.38. The molecule has 152 valence electrons. The second-order valence-corrected chi connectivity index (χ2v) is 7.81. The van der Waals surface area contributed by atoms with E-state index in [9.17, 15) is 10.1 Å². The minimum atomic E-state index is -0.0903. The van der Waals surface area contributed by atoms with Crippen molar-refractivity contribution >= 4 is 17.4 Å². The van der Waals surface area contributed by atoms with Gasteiger partial charge < -0.3 is 15.4 Å². The zero-order chi connectivity index (χ0) is 20.8. The number of anilines is 2. The van der Waals surface area contributed by atoms with E-state index >= 15 is 0 Å². The SMILES string of the molecule is Cc1cccc(Nc2cc(C(C)C)c(C(=O)NCC3CCOCC3)cn2)c1C#N. The lowest BCUT2D eigenvalue weighted by Crippen LogP contribution is -2.32. The van der Waals surface area contributed by atoms with Crippen molar-refractivity contribution in [2.24, 2.45) is 5.92 Å². The molecule has 0 aliphatic carbocycles. The fourth-order valence-electron chi connectivity index (χ4n) is 3.55. The van der Waals surface area contributed by atoms with Crippen molar-refractivity contribution in [2.45, 2.75) is 39.5 Å². The van der Waals surface area contributed by atoms with Gasteiger partial charge in [0.25, 0.3) is 5.91 Å². The lowest BCUT2D eigenvalue weighted by Gasteiger charge is -2.22. The van der Waals surface area contributed by atoms with Gasteiger partial charge in [-0.05, 0) is 54.9 Å². The molecule has 0 spiro atoms. The van der Waals surface area contributed by atoms with Gasteiger partial charge in [-0.2, -0.15) is 5.26 Å². The summed E-state index contributed by atoms with van der Waals surface area (Å²) in [7, 11) is 0. The van der Waals surface area contributed by atoms with Gasteiger partial charge in [0.2, 0.25) is 0 Å². The monoisotopic (exact) mass is 392 g/mol. The zero-order valence-electron chi connectivity index (χ0n) is 17.3. The number of rotatable bonds is 6. The summed E-state index contributed by atoms with van der Waals surface area (Å²) in [5.41, 5.74) is 3.75. The van der Waals surface area contributed by atoms with E-state index in [1.165, 1.54) is 0 Å². The first-order valence-corrected chi connectivity index (χ1v) is 10.1. The molecule has 0 radical (unpaired) electrons. The maximum Gasteiger partial charge on any atom is 0.253 e. The fraction of sp³-hybridized carbons (Fsp3) is 0.435. The van der Waals surface area contributed by atoms with Crippen molar-refractivity contribution in [1.82, 2.24) is 10.3 Å². The molecule has 2 N–H and O–H groups in total. The van der Waals surface area contributed by atoms with Crippen molar-refractivity contribution in [2.75, 3.05) is 25.1 Å². The van der Waals surface area contributed by atoms with E-state index in [0.717, 1.165) is 37.2 Å². The van der Waals surface area contributed by atoms with E-state index in [2.05, 4.69) is 35.5 Å². The van der Waals surface area contributed by atoms with Gasteiger partial charge in [0.1, 0.15) is 11.9 Å². The molecule has 1 aliphatic rings. The smallest absolute Gasteiger partial charge is 0.253 e. The van der Waals surface area contributed by atoms with Crippen LogP contribution in [0.25, 0.3) is 0 Å². The Morgan fingerprint density at radius 3 is 2.79 bits per heavy atom. The number of carbonyl (C=O) groups is 1. The summed E-state index contributed by atoms with van der Waals surface area (Å²) in [6, 6.07) is 9.80. The Bertz CT molecular complexity index is 912. The summed E-state index contributed by atoms with van der Waals surface area (Å²) in [6.45, 7) is 8.22. The van der Waals surface area contributed by atoms with Crippen LogP contribution < -0.4 is 10.6 Å². The number of nitrogens with one attached hydrogen (secondary N) is 2. The number of hydrogen-bond donors (Lipinski definition) is 2. The van der Waals surface area contributed by atoms with Crippen LogP contribution in [0.3, 0.4) is 0 Å². The molecule has 6 nitrogen and oxygen atoms in total. The molecular formula is C23H28N4O2. The highest BCUT2D eigenvalue weighted by molar-refractivity contribution is 5.96. The third-order valence-corrected chi connectivity index (χ3v) is 5.34. The number of nitriles is 1. The molecule has 3 rings (SSSR count). The average Bonchev–Trinajstić information content (AvgIpc) is 2.73. The maximum absolute atomic E-state index is 12.8. The Labute approximate surface area is 172 Å². The van der Waals surface area contributed by atoms with Gasteiger partial charge in [-0.1, -0.05) is 26.0 Å². The van der Waals surface area contributed by atoms with E-state index < -0.39 is 0 Å². The first-order chi connectivity index (χ1) is 14.0. The summed E-state index contributed by atoms with van der Waals surface area (Å²) in [4.78, 5) is 17.2. The van der Waals surface area contributed by atoms with Crippen LogP contribution in [0.5, 0.6) is 0 Å². The van der Waals surface area contributed by atoms with Crippen molar-refractivity contribution in [3.05, 3.63) is 52.7 Å². The molecule has 1 aliphatic heterocycles. The zero-order valence-corrected chi connectivity index (χ0v) is 17.3. The van der Waals surface area contributed by atoms with Gasteiger partial charge in [0, 0.05) is 26.0 Å². The lowest BCUT2D eigenvalue weighted by atomic mass is 9.97. The van der Waals surface area contributed by atoms with Gasteiger partial charge in [-0.25, -0.2) is 4.98 Å². The third kappa shape index (κ3) is 5.12. The third-order valence-electron chi connectivity index (χ3n) is 5.34. The average molecular weight is 393 g/mol. The predicted molar refractivity (Wildman–Crippen MR) is 113 cm³/mol. The van der Waals surface area contributed by atoms with Gasteiger partial charge in [-0.15, -0.1) is 0 Å². The summed E-state index contributed by atoms with van der Waals surface area (Å²) in [6.07, 6.45) is 3.59. The van der Waals surface area contributed by atoms with Crippen LogP contribution in [0.15, 0.2) is 30.5 Å². The van der Waals surface area contributed by atoms with Crippen molar-refractivity contribution in [3.63, 3.8) is 0 Å². The fourth-order valence-corrected chi connectivity index (χ4v) is 3.55. The number of benzene rings is 1. The lowest BCUT2D eigenvalue weighted by molar-refractivity contribution is 0.0642. The Kier molecular flexibility index (Phi) is 6.84. The van der Waals surface area contributed by atoms with Crippen LogP contribution in [-0.2, 0) is 4.74 Å². The standard InChI is InChI=1S/C23H28N4O2/c1-15(2)18-11-22(27-21-6-4-5-16(3)19(21)12-24)25-14-20(18)23(28)26-13-17-7-9-29-10-8-17/h4-6,11,14-15,17H,7-10,13H2,1-3H3,(H,25,27)(H,26,28). The Morgan fingerprint density at radius 2 is 2.10 bits per heavy atom. The number of carbonyl (C=O) groups excluding carboxylic acids is 1. The van der Waals surface area contributed by atoms with E-state index in [0.29, 0.717) is 35.1 Å². The van der Waals surface area contributed by atoms with Crippen LogP contribution in [0.1, 0.15) is 59.7 Å². The topological polar surface area (TPSA) is 87.0 Å². The normalized spacial score (nSPS) is 14.4. The van der Waals surface area contributed by atoms with Gasteiger partial charge in [0.05, 0.1) is 16.8 Å². The molecule has 1 amide bonds. The minimum absolute atomic E-state index is 0.0903. The van der Waals surface area contributed by atoms with Crippen LogP contribution in [0.2, 0.25) is 0 Å². The molecule has 1 saturated heterocycles. The van der Waals surface area contributed by atoms with Crippen molar-refractivity contribution < 1.29 is 9.53 Å². The molecule has 0 atom stereocenters. The van der Waals surface area contributed by atoms with Gasteiger partial charge in [-0.3, -0.25) is 4.79 Å². The molecular weight excluding hydrogens is 364 g/mol. The summed E-state index contributed by atoms with van der Waals surface area (Å²) in [5.74, 6) is 1.16. The molecule has 2 heterocycles. The first-order valence-electron chi connectivity index (χ1n) is 10.1. The van der Waals surface area contributed by atoms with E-state index in [4.69, 9.17) is 4.74 Å². The molecule has 2 aromatic rings. The molecule has 1 aromatic heterocycles. The number of aryl methyl sites for hydroxylation is 1. The highest BCUT2D eigenvalue weighted by Gasteiger charge is 2.19. The molecule has 6 heteroatoms. The van der Waals surface area contributed by atoms with Crippen LogP contribution in [-0.4, -0.2) is 30.6 Å². The molecule has 0 bridgehead atoms. The van der Waals surface area contributed by atoms with Crippen LogP contribution in [0, 0.1) is 24.2 Å². The largest absolute Gasteiger partial charge is 0.381 e. The minimum Gasteiger partial charge on any atom is -0.381 e. The highest BCUT2D eigenvalue weighted by Crippen LogP contribution is 2.26. The number of ether oxygens (including phenoxy) is 1. The van der Waals surface area contributed by atoms with E-state index in [1.54, 1.807) is 6.20 Å². The number of hydrogen-bond acceptors (Lipinski definition) is 5. The van der Waals surface area contributed by atoms with Crippen molar-refractivity contribution in [1.29, 1.82) is 5.26 Å². The quantitative estimate of drug-likeness (QED) is 0.766. The number of pyridine rings is 1. The van der Waals surface area contributed by atoms with Gasteiger partial charge >= 0.3 is 0 Å². The Morgan fingerprint density at radius 1 is 1.34 bits per heavy atom. The molecule has 0 unspecified atom stereocenters. The molecule has 1 fully saturated rings. The second-order valence-electron chi connectivity index (χ2n) is 7.81. The highest BCUT2D eigenvalue weighted by atomic mass is 16.5. The Hall–Kier alpha value is -2.91. The van der Waals surface area contributed by atoms with E-state index in [1.807, 2.05) is 31.2 Å². The van der Waals surface area contributed by atoms with E-state index in [-0.39, 0.29) is 11.8 Å². The van der Waals surface area contributed by atoms with Crippen LogP contribution in [0.4, 0.5) is 11.5 Å². The summed E-state index contributed by atoms with van der Waals surface area (Å²) >= 11 is 0. The number of nitrogens with zero attached hydrogens (tertiary/aromatic N) is 2. The Balaban J connectivity index is 1.77. The molecule has 29 heavy (non-hydrogen) atoms.